The van der Waals surface area contributed by atoms with Crippen LogP contribution in [0.5, 0.6) is 0 Å². The van der Waals surface area contributed by atoms with Crippen LogP contribution in [0.1, 0.15) is 17.7 Å². The predicted octanol–water partition coefficient (Wildman–Crippen LogP) is 2.68. The molecule has 1 fully saturated rings. The number of nitrogens with one attached hydrogen (secondary N) is 1. The maximum atomic E-state index is 12.6. The summed E-state index contributed by atoms with van der Waals surface area (Å²) in [5.41, 5.74) is 1.74. The monoisotopic (exact) mass is 405 g/mol. The van der Waals surface area contributed by atoms with Crippen LogP contribution in [-0.4, -0.2) is 38.4 Å². The van der Waals surface area contributed by atoms with E-state index in [1.165, 1.54) is 0 Å². The van der Waals surface area contributed by atoms with Gasteiger partial charge in [0.05, 0.1) is 17.8 Å². The fraction of sp³-hybridized carbons (Fsp3) is 0.235. The van der Waals surface area contributed by atoms with E-state index in [4.69, 9.17) is 5.11 Å². The molecular formula is C17H15N3O5S2. The third-order valence-corrected chi connectivity index (χ3v) is 5.53. The number of aryl methyl sites for hydroxylation is 1. The summed E-state index contributed by atoms with van der Waals surface area (Å²) in [6, 6.07) is 7.02. The molecule has 2 N–H and O–H groups in total. The maximum Gasteiger partial charge on any atom is 0.309 e. The van der Waals surface area contributed by atoms with E-state index >= 15 is 0 Å². The standard InChI is InChI=1S/C17H15N3O5S2/c1-9-3-2-4-11(5-9)20-15(24)12(27-17(20)25)7-13(21)19-16-18-10(8-26-16)6-14(22)23/h2-5,8,12H,6-7H2,1H3,(H,22,23)(H,18,19,21). The first-order chi connectivity index (χ1) is 12.8. The Balaban J connectivity index is 1.63. The van der Waals surface area contributed by atoms with Gasteiger partial charge in [-0.1, -0.05) is 12.1 Å². The summed E-state index contributed by atoms with van der Waals surface area (Å²) < 4.78 is 0. The highest BCUT2D eigenvalue weighted by atomic mass is 32.2. The molecule has 3 rings (SSSR count). The highest BCUT2D eigenvalue weighted by Gasteiger charge is 2.41. The molecule has 1 aliphatic rings. The van der Waals surface area contributed by atoms with E-state index in [1.54, 1.807) is 23.6 Å². The minimum absolute atomic E-state index is 0.175. The zero-order valence-corrected chi connectivity index (χ0v) is 15.8. The van der Waals surface area contributed by atoms with Crippen LogP contribution in [0, 0.1) is 6.92 Å². The smallest absolute Gasteiger partial charge is 0.309 e. The quantitative estimate of drug-likeness (QED) is 0.759. The van der Waals surface area contributed by atoms with Gasteiger partial charge >= 0.3 is 5.97 Å². The topological polar surface area (TPSA) is 117 Å². The summed E-state index contributed by atoms with van der Waals surface area (Å²) >= 11 is 1.92. The van der Waals surface area contributed by atoms with Gasteiger partial charge in [-0.25, -0.2) is 9.88 Å². The lowest BCUT2D eigenvalue weighted by atomic mass is 10.2. The van der Waals surface area contributed by atoms with Gasteiger partial charge in [-0.15, -0.1) is 11.3 Å². The number of imide groups is 1. The maximum absolute atomic E-state index is 12.6. The summed E-state index contributed by atoms with van der Waals surface area (Å²) in [5, 5.41) is 11.9. The Morgan fingerprint density at radius 2 is 2.11 bits per heavy atom. The minimum Gasteiger partial charge on any atom is -0.481 e. The van der Waals surface area contributed by atoms with Crippen LogP contribution in [0.3, 0.4) is 0 Å². The molecule has 3 amide bonds. The average Bonchev–Trinajstić information content (AvgIpc) is 3.11. The second kappa shape index (κ2) is 7.89. The fourth-order valence-electron chi connectivity index (χ4n) is 2.53. The van der Waals surface area contributed by atoms with E-state index in [0.29, 0.717) is 11.4 Å². The first-order valence-electron chi connectivity index (χ1n) is 7.91. The molecule has 10 heteroatoms. The fourth-order valence-corrected chi connectivity index (χ4v) is 4.24. The Kier molecular flexibility index (Phi) is 5.57. The lowest BCUT2D eigenvalue weighted by molar-refractivity contribution is -0.136. The number of hydrogen-bond donors (Lipinski definition) is 2. The van der Waals surface area contributed by atoms with Crippen molar-refractivity contribution in [3.05, 3.63) is 40.9 Å². The van der Waals surface area contributed by atoms with Crippen LogP contribution in [0.4, 0.5) is 15.6 Å². The zero-order chi connectivity index (χ0) is 19.6. The highest BCUT2D eigenvalue weighted by molar-refractivity contribution is 8.15. The Labute approximate surface area is 162 Å². The Hall–Kier alpha value is -2.72. The van der Waals surface area contributed by atoms with Crippen LogP contribution >= 0.6 is 23.1 Å². The van der Waals surface area contributed by atoms with E-state index < -0.39 is 28.3 Å². The molecule has 2 aromatic rings. The number of carboxylic acids is 1. The molecule has 0 radical (unpaired) electrons. The van der Waals surface area contributed by atoms with Crippen LogP contribution in [0.25, 0.3) is 0 Å². The molecule has 0 aliphatic carbocycles. The number of carbonyl (C=O) groups excluding carboxylic acids is 3. The second-order valence-corrected chi connectivity index (χ2v) is 7.86. The van der Waals surface area contributed by atoms with Crippen molar-refractivity contribution >= 4 is 56.9 Å². The van der Waals surface area contributed by atoms with Gasteiger partial charge in [0.1, 0.15) is 5.25 Å². The van der Waals surface area contributed by atoms with E-state index in [-0.39, 0.29) is 18.0 Å². The number of amides is 3. The summed E-state index contributed by atoms with van der Waals surface area (Å²) in [6.07, 6.45) is -0.408. The molecule has 0 bridgehead atoms. The van der Waals surface area contributed by atoms with Crippen molar-refractivity contribution in [2.45, 2.75) is 25.0 Å². The third-order valence-electron chi connectivity index (χ3n) is 3.68. The van der Waals surface area contributed by atoms with Crippen molar-refractivity contribution in [2.24, 2.45) is 0 Å². The first-order valence-corrected chi connectivity index (χ1v) is 9.66. The van der Waals surface area contributed by atoms with Crippen molar-refractivity contribution in [1.82, 2.24) is 4.98 Å². The summed E-state index contributed by atoms with van der Waals surface area (Å²) in [5.74, 6) is -1.91. The molecule has 1 saturated heterocycles. The number of nitrogens with zero attached hydrogens (tertiary/aromatic N) is 2. The van der Waals surface area contributed by atoms with Gasteiger partial charge in [0.15, 0.2) is 5.13 Å². The number of aromatic nitrogens is 1. The number of carboxylic acid groups (broad SMARTS) is 1. The van der Waals surface area contributed by atoms with Crippen LogP contribution in [0.15, 0.2) is 29.6 Å². The molecule has 27 heavy (non-hydrogen) atoms. The van der Waals surface area contributed by atoms with Gasteiger partial charge in [0.25, 0.3) is 5.24 Å². The molecule has 0 spiro atoms. The molecular weight excluding hydrogens is 390 g/mol. The van der Waals surface area contributed by atoms with Crippen molar-refractivity contribution in [1.29, 1.82) is 0 Å². The van der Waals surface area contributed by atoms with Gasteiger partial charge in [-0.2, -0.15) is 0 Å². The van der Waals surface area contributed by atoms with E-state index in [9.17, 15) is 19.2 Å². The molecule has 8 nitrogen and oxygen atoms in total. The predicted molar refractivity (Wildman–Crippen MR) is 102 cm³/mol. The van der Waals surface area contributed by atoms with Crippen molar-refractivity contribution in [3.8, 4) is 0 Å². The number of thiazole rings is 1. The lowest BCUT2D eigenvalue weighted by Crippen LogP contribution is -2.33. The number of aliphatic carboxylic acids is 1. The second-order valence-electron chi connectivity index (χ2n) is 5.85. The minimum atomic E-state index is -1.01. The molecule has 1 aromatic carbocycles. The zero-order valence-electron chi connectivity index (χ0n) is 14.2. The Bertz CT molecular complexity index is 927. The summed E-state index contributed by atoms with van der Waals surface area (Å²) in [4.78, 5) is 52.7. The van der Waals surface area contributed by atoms with Crippen LogP contribution < -0.4 is 10.2 Å². The van der Waals surface area contributed by atoms with Crippen molar-refractivity contribution in [3.63, 3.8) is 0 Å². The lowest BCUT2D eigenvalue weighted by Gasteiger charge is -2.14. The Morgan fingerprint density at radius 1 is 1.33 bits per heavy atom. The average molecular weight is 405 g/mol. The van der Waals surface area contributed by atoms with Crippen molar-refractivity contribution in [2.75, 3.05) is 10.2 Å². The van der Waals surface area contributed by atoms with E-state index in [2.05, 4.69) is 10.3 Å². The van der Waals surface area contributed by atoms with Gasteiger partial charge in [-0.3, -0.25) is 19.2 Å². The van der Waals surface area contributed by atoms with Crippen LogP contribution in [-0.2, 0) is 20.8 Å². The molecule has 0 saturated carbocycles. The largest absolute Gasteiger partial charge is 0.481 e. The van der Waals surface area contributed by atoms with Gasteiger partial charge in [-0.05, 0) is 36.4 Å². The number of rotatable bonds is 6. The summed E-state index contributed by atoms with van der Waals surface area (Å²) in [6.45, 7) is 1.86. The van der Waals surface area contributed by atoms with Gasteiger partial charge < -0.3 is 10.4 Å². The number of thioether (sulfide) groups is 1. The number of anilines is 2. The normalized spacial score (nSPS) is 16.6. The Morgan fingerprint density at radius 3 is 2.81 bits per heavy atom. The van der Waals surface area contributed by atoms with Gasteiger partial charge in [0.2, 0.25) is 11.8 Å². The molecule has 1 atom stereocenters. The third kappa shape index (κ3) is 4.52. The molecule has 2 heterocycles. The first kappa shape index (κ1) is 19.1. The molecule has 1 aliphatic heterocycles. The van der Waals surface area contributed by atoms with Crippen LogP contribution in [0.2, 0.25) is 0 Å². The van der Waals surface area contributed by atoms with Gasteiger partial charge in [0, 0.05) is 11.8 Å². The number of carbonyl (C=O) groups is 4. The van der Waals surface area contributed by atoms with E-state index in [1.807, 2.05) is 13.0 Å². The highest BCUT2D eigenvalue weighted by Crippen LogP contribution is 2.34. The van der Waals surface area contributed by atoms with Crippen molar-refractivity contribution < 1.29 is 24.3 Å². The number of benzene rings is 1. The number of hydrogen-bond acceptors (Lipinski definition) is 7. The summed E-state index contributed by atoms with van der Waals surface area (Å²) in [7, 11) is 0. The van der Waals surface area contributed by atoms with E-state index in [0.717, 1.165) is 33.6 Å². The SMILES string of the molecule is Cc1cccc(N2C(=O)SC(CC(=O)Nc3nc(CC(=O)O)cs3)C2=O)c1. The molecule has 1 unspecified atom stereocenters. The molecule has 1 aromatic heterocycles. The molecule has 140 valence electrons.